The Bertz CT molecular complexity index is 204. The van der Waals surface area contributed by atoms with Crippen molar-refractivity contribution in [3.63, 3.8) is 0 Å². The van der Waals surface area contributed by atoms with Crippen molar-refractivity contribution in [2.75, 3.05) is 33.8 Å². The van der Waals surface area contributed by atoms with Crippen LogP contribution in [0.2, 0.25) is 0 Å². The second-order valence-electron chi connectivity index (χ2n) is 3.79. The first-order valence-corrected chi connectivity index (χ1v) is 4.41. The van der Waals surface area contributed by atoms with Crippen molar-refractivity contribution < 1.29 is 9.59 Å². The maximum atomic E-state index is 8.81. The zero-order valence-corrected chi connectivity index (χ0v) is 8.66. The number of hydrogen-bond acceptors (Lipinski definition) is 1. The van der Waals surface area contributed by atoms with Gasteiger partial charge in [0.1, 0.15) is 13.1 Å². The number of aliphatic hydroxyl groups is 1. The molecule has 0 aromatic heterocycles. The van der Waals surface area contributed by atoms with Gasteiger partial charge in [0.05, 0.1) is 20.7 Å². The minimum Gasteiger partial charge on any atom is -0.391 e. The third-order valence-corrected chi connectivity index (χ3v) is 1.80. The van der Waals surface area contributed by atoms with Gasteiger partial charge in [-0.05, 0) is 5.57 Å². The van der Waals surface area contributed by atoms with Crippen molar-refractivity contribution in [2.45, 2.75) is 0 Å². The Hall–Kier alpha value is -0.860. The van der Waals surface area contributed by atoms with E-state index in [1.807, 2.05) is 12.2 Å². The third-order valence-electron chi connectivity index (χ3n) is 1.80. The van der Waals surface area contributed by atoms with Crippen LogP contribution in [-0.2, 0) is 0 Å². The van der Waals surface area contributed by atoms with Crippen LogP contribution in [0.1, 0.15) is 0 Å². The SMILES string of the molecule is C=C/C=C\C(=C)C[N+](C)(C)CCO. The summed E-state index contributed by atoms with van der Waals surface area (Å²) in [5, 5.41) is 8.81. The molecule has 0 amide bonds. The molecule has 2 nitrogen and oxygen atoms in total. The van der Waals surface area contributed by atoms with Gasteiger partial charge >= 0.3 is 0 Å². The lowest BCUT2D eigenvalue weighted by atomic mass is 10.2. The van der Waals surface area contributed by atoms with E-state index in [0.29, 0.717) is 0 Å². The highest BCUT2D eigenvalue weighted by atomic mass is 16.3. The zero-order valence-electron chi connectivity index (χ0n) is 8.66. The monoisotopic (exact) mass is 182 g/mol. The van der Waals surface area contributed by atoms with Crippen molar-refractivity contribution in [1.82, 2.24) is 0 Å². The smallest absolute Gasteiger partial charge is 0.103 e. The average Bonchev–Trinajstić information content (AvgIpc) is 1.99. The van der Waals surface area contributed by atoms with E-state index >= 15 is 0 Å². The fourth-order valence-corrected chi connectivity index (χ4v) is 1.16. The number of likely N-dealkylation sites (N-methyl/N-ethyl adjacent to an activating group) is 1. The van der Waals surface area contributed by atoms with Gasteiger partial charge in [0.2, 0.25) is 0 Å². The molecule has 0 aliphatic rings. The molecule has 0 aromatic carbocycles. The molecule has 0 saturated carbocycles. The van der Waals surface area contributed by atoms with E-state index in [9.17, 15) is 0 Å². The van der Waals surface area contributed by atoms with Crippen LogP contribution >= 0.6 is 0 Å². The number of aliphatic hydroxyl groups excluding tert-OH is 1. The number of nitrogens with zero attached hydrogens (tertiary/aromatic N) is 1. The maximum absolute atomic E-state index is 8.81. The molecule has 13 heavy (non-hydrogen) atoms. The molecular weight excluding hydrogens is 162 g/mol. The Labute approximate surface area is 81.1 Å². The summed E-state index contributed by atoms with van der Waals surface area (Å²) in [4.78, 5) is 0. The molecule has 0 rings (SSSR count). The van der Waals surface area contributed by atoms with Gasteiger partial charge in [-0.25, -0.2) is 0 Å². The van der Waals surface area contributed by atoms with Crippen molar-refractivity contribution in [3.05, 3.63) is 37.0 Å². The number of hydrogen-bond donors (Lipinski definition) is 1. The van der Waals surface area contributed by atoms with Crippen LogP contribution in [-0.4, -0.2) is 43.4 Å². The van der Waals surface area contributed by atoms with E-state index in [0.717, 1.165) is 23.1 Å². The van der Waals surface area contributed by atoms with Crippen LogP contribution < -0.4 is 0 Å². The molecule has 2 heteroatoms. The summed E-state index contributed by atoms with van der Waals surface area (Å²) in [5.41, 5.74) is 1.05. The zero-order chi connectivity index (χ0) is 10.3. The lowest BCUT2D eigenvalue weighted by Crippen LogP contribution is -2.43. The van der Waals surface area contributed by atoms with E-state index in [1.54, 1.807) is 6.08 Å². The Morgan fingerprint density at radius 1 is 1.46 bits per heavy atom. The molecule has 1 N–H and O–H groups in total. The van der Waals surface area contributed by atoms with Crippen molar-refractivity contribution in [1.29, 1.82) is 0 Å². The molecule has 0 heterocycles. The third kappa shape index (κ3) is 6.31. The molecule has 0 atom stereocenters. The Morgan fingerprint density at radius 3 is 2.54 bits per heavy atom. The first-order chi connectivity index (χ1) is 6.02. The lowest BCUT2D eigenvalue weighted by molar-refractivity contribution is -0.885. The molecule has 0 saturated heterocycles. The van der Waals surface area contributed by atoms with Crippen LogP contribution in [0.5, 0.6) is 0 Å². The minimum atomic E-state index is 0.214. The number of quaternary nitrogens is 1. The molecule has 0 aromatic rings. The van der Waals surface area contributed by atoms with Gasteiger partial charge in [-0.1, -0.05) is 31.4 Å². The van der Waals surface area contributed by atoms with Crippen LogP contribution in [0.4, 0.5) is 0 Å². The molecule has 0 spiro atoms. The van der Waals surface area contributed by atoms with Crippen molar-refractivity contribution in [3.8, 4) is 0 Å². The van der Waals surface area contributed by atoms with Gasteiger partial charge in [-0.2, -0.15) is 0 Å². The summed E-state index contributed by atoms with van der Waals surface area (Å²) < 4.78 is 0.761. The van der Waals surface area contributed by atoms with Gasteiger partial charge in [0, 0.05) is 0 Å². The Balaban J connectivity index is 4.03. The van der Waals surface area contributed by atoms with E-state index in [-0.39, 0.29) is 6.61 Å². The molecule has 0 aliphatic carbocycles. The summed E-state index contributed by atoms with van der Waals surface area (Å²) in [7, 11) is 4.15. The standard InChI is InChI=1S/C11H20NO/c1-5-6-7-11(2)10-12(3,4)8-9-13/h5-7,13H,1-2,8-10H2,3-4H3/q+1/b7-6-. The molecule has 0 bridgehead atoms. The highest BCUT2D eigenvalue weighted by molar-refractivity contribution is 5.18. The van der Waals surface area contributed by atoms with Crippen LogP contribution in [0, 0.1) is 0 Å². The highest BCUT2D eigenvalue weighted by Crippen LogP contribution is 2.03. The number of allylic oxidation sites excluding steroid dienone is 2. The maximum Gasteiger partial charge on any atom is 0.103 e. The largest absolute Gasteiger partial charge is 0.391 e. The van der Waals surface area contributed by atoms with E-state index < -0.39 is 0 Å². The van der Waals surface area contributed by atoms with E-state index in [4.69, 9.17) is 5.11 Å². The predicted molar refractivity (Wildman–Crippen MR) is 57.4 cm³/mol. The second-order valence-corrected chi connectivity index (χ2v) is 3.79. The van der Waals surface area contributed by atoms with Crippen molar-refractivity contribution in [2.24, 2.45) is 0 Å². The summed E-state index contributed by atoms with van der Waals surface area (Å²) in [6, 6.07) is 0. The predicted octanol–water partition coefficient (Wildman–Crippen LogP) is 1.35. The summed E-state index contributed by atoms with van der Waals surface area (Å²) in [5.74, 6) is 0. The van der Waals surface area contributed by atoms with Crippen LogP contribution in [0.3, 0.4) is 0 Å². The molecule has 0 unspecified atom stereocenters. The Morgan fingerprint density at radius 2 is 2.08 bits per heavy atom. The van der Waals surface area contributed by atoms with Crippen LogP contribution in [0.15, 0.2) is 37.0 Å². The van der Waals surface area contributed by atoms with Gasteiger partial charge in [-0.3, -0.25) is 0 Å². The van der Waals surface area contributed by atoms with Gasteiger partial charge in [-0.15, -0.1) is 0 Å². The van der Waals surface area contributed by atoms with Crippen LogP contribution in [0.25, 0.3) is 0 Å². The second kappa shape index (κ2) is 5.73. The highest BCUT2D eigenvalue weighted by Gasteiger charge is 2.13. The topological polar surface area (TPSA) is 20.2 Å². The first kappa shape index (κ1) is 12.1. The quantitative estimate of drug-likeness (QED) is 0.485. The number of rotatable bonds is 6. The average molecular weight is 182 g/mol. The molecular formula is C11H20NO+. The molecule has 0 aliphatic heterocycles. The van der Waals surface area contributed by atoms with E-state index in [2.05, 4.69) is 27.3 Å². The summed E-state index contributed by atoms with van der Waals surface area (Å²) in [6.45, 7) is 9.34. The van der Waals surface area contributed by atoms with Crippen molar-refractivity contribution >= 4 is 0 Å². The normalized spacial score (nSPS) is 11.9. The fraction of sp³-hybridized carbons (Fsp3) is 0.455. The lowest BCUT2D eigenvalue weighted by Gasteiger charge is -2.29. The van der Waals surface area contributed by atoms with Gasteiger partial charge in [0.25, 0.3) is 0 Å². The van der Waals surface area contributed by atoms with Gasteiger partial charge in [0.15, 0.2) is 0 Å². The minimum absolute atomic E-state index is 0.214. The summed E-state index contributed by atoms with van der Waals surface area (Å²) in [6.07, 6.45) is 5.56. The molecule has 0 fully saturated rings. The molecule has 74 valence electrons. The first-order valence-electron chi connectivity index (χ1n) is 4.41. The Kier molecular flexibility index (Phi) is 5.35. The molecule has 0 radical (unpaired) electrons. The fourth-order valence-electron chi connectivity index (χ4n) is 1.16. The summed E-state index contributed by atoms with van der Waals surface area (Å²) >= 11 is 0. The van der Waals surface area contributed by atoms with E-state index in [1.165, 1.54) is 0 Å². The van der Waals surface area contributed by atoms with Gasteiger partial charge < -0.3 is 9.59 Å².